The smallest absolute Gasteiger partial charge is 0.294 e. The molecule has 3 rings (SSSR count). The van der Waals surface area contributed by atoms with Crippen LogP contribution in [0.15, 0.2) is 48.5 Å². The van der Waals surface area contributed by atoms with E-state index in [0.717, 1.165) is 17.3 Å². The largest absolute Gasteiger partial charge is 0.497 e. The van der Waals surface area contributed by atoms with Crippen molar-refractivity contribution in [1.29, 1.82) is 0 Å². The fraction of sp³-hybridized carbons (Fsp3) is 0.300. The lowest BCUT2D eigenvalue weighted by atomic mass is 9.86. The number of nitrogens with zero attached hydrogens (tertiary/aromatic N) is 1. The molecule has 1 fully saturated rings. The molecule has 2 amide bonds. The zero-order valence-electron chi connectivity index (χ0n) is 14.8. The highest BCUT2D eigenvalue weighted by Crippen LogP contribution is 2.42. The van der Waals surface area contributed by atoms with Gasteiger partial charge in [0.15, 0.2) is 0 Å². The number of thioether (sulfide) groups is 1. The van der Waals surface area contributed by atoms with Crippen molar-refractivity contribution in [3.05, 3.63) is 59.7 Å². The maximum Gasteiger partial charge on any atom is 0.294 e. The Morgan fingerprint density at radius 1 is 0.960 bits per heavy atom. The van der Waals surface area contributed by atoms with Crippen molar-refractivity contribution < 1.29 is 14.3 Å². The SMILES string of the molecule is COc1ccc(N2C(=O)SC(c3ccc(C(C)(C)C)cc3)C2=O)cc1. The lowest BCUT2D eigenvalue weighted by molar-refractivity contribution is -0.117. The van der Waals surface area contributed by atoms with Gasteiger partial charge < -0.3 is 4.74 Å². The normalized spacial score (nSPS) is 17.9. The summed E-state index contributed by atoms with van der Waals surface area (Å²) in [6.45, 7) is 6.44. The van der Waals surface area contributed by atoms with Crippen LogP contribution in [-0.2, 0) is 10.2 Å². The first-order chi connectivity index (χ1) is 11.8. The van der Waals surface area contributed by atoms with E-state index >= 15 is 0 Å². The summed E-state index contributed by atoms with van der Waals surface area (Å²) in [6.07, 6.45) is 0. The summed E-state index contributed by atoms with van der Waals surface area (Å²) < 4.78 is 5.12. The highest BCUT2D eigenvalue weighted by atomic mass is 32.2. The second kappa shape index (κ2) is 6.56. The fourth-order valence-corrected chi connectivity index (χ4v) is 3.75. The molecule has 2 aromatic rings. The summed E-state index contributed by atoms with van der Waals surface area (Å²) in [6, 6.07) is 14.9. The van der Waals surface area contributed by atoms with Gasteiger partial charge in [-0.05, 0) is 52.6 Å². The van der Waals surface area contributed by atoms with Crippen LogP contribution in [0.5, 0.6) is 5.75 Å². The van der Waals surface area contributed by atoms with Gasteiger partial charge in [-0.2, -0.15) is 0 Å². The quantitative estimate of drug-likeness (QED) is 0.783. The molecule has 0 radical (unpaired) electrons. The van der Waals surface area contributed by atoms with Crippen LogP contribution in [-0.4, -0.2) is 18.3 Å². The molecule has 0 N–H and O–H groups in total. The number of hydrogen-bond donors (Lipinski definition) is 0. The predicted molar refractivity (Wildman–Crippen MR) is 101 cm³/mol. The summed E-state index contributed by atoms with van der Waals surface area (Å²) in [5.74, 6) is 0.480. The van der Waals surface area contributed by atoms with Gasteiger partial charge in [0.1, 0.15) is 11.0 Å². The molecule has 1 heterocycles. The van der Waals surface area contributed by atoms with Gasteiger partial charge in [-0.3, -0.25) is 9.59 Å². The maximum absolute atomic E-state index is 12.8. The van der Waals surface area contributed by atoms with Crippen molar-refractivity contribution in [2.75, 3.05) is 12.0 Å². The van der Waals surface area contributed by atoms with Crippen LogP contribution < -0.4 is 9.64 Å². The van der Waals surface area contributed by atoms with E-state index in [1.165, 1.54) is 10.5 Å². The lowest BCUT2D eigenvalue weighted by Gasteiger charge is -2.19. The Balaban J connectivity index is 1.85. The van der Waals surface area contributed by atoms with E-state index in [9.17, 15) is 9.59 Å². The number of hydrogen-bond acceptors (Lipinski definition) is 4. The van der Waals surface area contributed by atoms with Crippen LogP contribution in [0, 0.1) is 0 Å². The lowest BCUT2D eigenvalue weighted by Crippen LogP contribution is -2.29. The van der Waals surface area contributed by atoms with Gasteiger partial charge in [0, 0.05) is 0 Å². The molecule has 0 saturated carbocycles. The van der Waals surface area contributed by atoms with Crippen molar-refractivity contribution in [1.82, 2.24) is 0 Å². The van der Waals surface area contributed by atoms with E-state index in [-0.39, 0.29) is 16.6 Å². The minimum atomic E-state index is -0.497. The van der Waals surface area contributed by atoms with Crippen LogP contribution in [0.2, 0.25) is 0 Å². The zero-order valence-corrected chi connectivity index (χ0v) is 15.6. The van der Waals surface area contributed by atoms with E-state index in [0.29, 0.717) is 11.4 Å². The van der Waals surface area contributed by atoms with Gasteiger partial charge in [0.05, 0.1) is 12.8 Å². The highest BCUT2D eigenvalue weighted by molar-refractivity contribution is 8.15. The molecule has 1 aliphatic rings. The minimum absolute atomic E-state index is 0.0519. The summed E-state index contributed by atoms with van der Waals surface area (Å²) >= 11 is 1.06. The average molecular weight is 355 g/mol. The van der Waals surface area contributed by atoms with Crippen LogP contribution in [0.4, 0.5) is 10.5 Å². The van der Waals surface area contributed by atoms with Gasteiger partial charge >= 0.3 is 0 Å². The first kappa shape index (κ1) is 17.5. The van der Waals surface area contributed by atoms with Gasteiger partial charge in [0.2, 0.25) is 0 Å². The topological polar surface area (TPSA) is 46.6 Å². The Labute approximate surface area is 152 Å². The van der Waals surface area contributed by atoms with Crippen molar-refractivity contribution in [3.63, 3.8) is 0 Å². The Hall–Kier alpha value is -2.27. The number of ether oxygens (including phenoxy) is 1. The van der Waals surface area contributed by atoms with Crippen LogP contribution in [0.3, 0.4) is 0 Å². The Bertz CT molecular complexity index is 791. The molecular formula is C20H21NO3S. The number of rotatable bonds is 3. The molecule has 130 valence electrons. The first-order valence-corrected chi connectivity index (χ1v) is 8.98. The van der Waals surface area contributed by atoms with Crippen LogP contribution in [0.25, 0.3) is 0 Å². The number of benzene rings is 2. The second-order valence-electron chi connectivity index (χ2n) is 7.01. The molecule has 25 heavy (non-hydrogen) atoms. The van der Waals surface area contributed by atoms with E-state index in [2.05, 4.69) is 20.8 Å². The predicted octanol–water partition coefficient (Wildman–Crippen LogP) is 4.93. The fourth-order valence-electron chi connectivity index (χ4n) is 2.74. The number of imide groups is 1. The van der Waals surface area contributed by atoms with E-state index in [4.69, 9.17) is 4.74 Å². The monoisotopic (exact) mass is 355 g/mol. The standard InChI is InChI=1S/C20H21NO3S/c1-20(2,3)14-7-5-13(6-8-14)17-18(22)21(19(23)25-17)15-9-11-16(24-4)12-10-15/h5-12,17H,1-4H3. The third-order valence-corrected chi connectivity index (χ3v) is 5.35. The molecule has 5 heteroatoms. The third-order valence-electron chi connectivity index (χ3n) is 4.26. The van der Waals surface area contributed by atoms with E-state index in [1.807, 2.05) is 24.3 Å². The number of methoxy groups -OCH3 is 1. The summed E-state index contributed by atoms with van der Waals surface area (Å²) in [7, 11) is 1.58. The first-order valence-electron chi connectivity index (χ1n) is 8.10. The zero-order chi connectivity index (χ0) is 18.2. The Morgan fingerprint density at radius 3 is 2.08 bits per heavy atom. The molecule has 0 aliphatic carbocycles. The van der Waals surface area contributed by atoms with E-state index in [1.54, 1.807) is 31.4 Å². The molecule has 0 spiro atoms. The molecule has 0 aromatic heterocycles. The minimum Gasteiger partial charge on any atom is -0.497 e. The van der Waals surface area contributed by atoms with Crippen molar-refractivity contribution in [2.45, 2.75) is 31.4 Å². The number of carbonyl (C=O) groups excluding carboxylic acids is 2. The molecular weight excluding hydrogens is 334 g/mol. The van der Waals surface area contributed by atoms with Crippen molar-refractivity contribution in [3.8, 4) is 5.75 Å². The summed E-state index contributed by atoms with van der Waals surface area (Å²) in [4.78, 5) is 26.4. The summed E-state index contributed by atoms with van der Waals surface area (Å²) in [5, 5.41) is -0.747. The average Bonchev–Trinajstić information content (AvgIpc) is 2.89. The van der Waals surface area contributed by atoms with E-state index < -0.39 is 5.25 Å². The molecule has 0 bridgehead atoms. The molecule has 1 aliphatic heterocycles. The molecule has 4 nitrogen and oxygen atoms in total. The second-order valence-corrected chi connectivity index (χ2v) is 8.06. The van der Waals surface area contributed by atoms with Gasteiger partial charge in [-0.1, -0.05) is 45.0 Å². The highest BCUT2D eigenvalue weighted by Gasteiger charge is 2.41. The molecule has 1 saturated heterocycles. The van der Waals surface area contributed by atoms with Gasteiger partial charge in [0.25, 0.3) is 11.1 Å². The number of amides is 2. The third kappa shape index (κ3) is 3.42. The van der Waals surface area contributed by atoms with Crippen LogP contribution >= 0.6 is 11.8 Å². The van der Waals surface area contributed by atoms with Crippen molar-refractivity contribution in [2.24, 2.45) is 0 Å². The number of anilines is 1. The van der Waals surface area contributed by atoms with Crippen molar-refractivity contribution >= 4 is 28.6 Å². The van der Waals surface area contributed by atoms with Crippen LogP contribution in [0.1, 0.15) is 37.1 Å². The number of carbonyl (C=O) groups is 2. The summed E-state index contributed by atoms with van der Waals surface area (Å²) in [5.41, 5.74) is 2.67. The Kier molecular flexibility index (Phi) is 4.60. The van der Waals surface area contributed by atoms with Gasteiger partial charge in [-0.15, -0.1) is 0 Å². The Morgan fingerprint density at radius 2 is 1.56 bits per heavy atom. The van der Waals surface area contributed by atoms with Gasteiger partial charge in [-0.25, -0.2) is 4.90 Å². The molecule has 1 atom stereocenters. The maximum atomic E-state index is 12.8. The molecule has 2 aromatic carbocycles. The molecule has 1 unspecified atom stereocenters.